The lowest BCUT2D eigenvalue weighted by molar-refractivity contribution is -0.135. The molecule has 0 saturated carbocycles. The number of aromatic nitrogens is 3. The average Bonchev–Trinajstić information content (AvgIpc) is 3.40. The van der Waals surface area contributed by atoms with Gasteiger partial charge in [-0.05, 0) is 31.4 Å². The van der Waals surface area contributed by atoms with Crippen LogP contribution in [0.3, 0.4) is 0 Å². The number of carbonyl (C=O) groups is 1. The van der Waals surface area contributed by atoms with Crippen molar-refractivity contribution in [2.75, 3.05) is 32.8 Å². The van der Waals surface area contributed by atoms with Gasteiger partial charge < -0.3 is 14.2 Å². The van der Waals surface area contributed by atoms with E-state index in [0.717, 1.165) is 52.0 Å². The molecule has 1 unspecified atom stereocenters. The van der Waals surface area contributed by atoms with E-state index in [1.807, 2.05) is 22.8 Å². The third-order valence-electron chi connectivity index (χ3n) is 5.56. The molecule has 146 valence electrons. The number of carbonyl (C=O) groups excluding carboxylic acids is 1. The number of fused-ring (bicyclic) bond motifs is 1. The zero-order valence-corrected chi connectivity index (χ0v) is 16.1. The highest BCUT2D eigenvalue weighted by atomic mass is 16.5. The predicted octanol–water partition coefficient (Wildman–Crippen LogP) is 1.81. The van der Waals surface area contributed by atoms with Gasteiger partial charge in [-0.15, -0.1) is 0 Å². The van der Waals surface area contributed by atoms with Crippen molar-refractivity contribution in [3.63, 3.8) is 0 Å². The lowest BCUT2D eigenvalue weighted by Gasteiger charge is -2.35. The number of likely N-dealkylation sites (tertiary alicyclic amines) is 1. The first kappa shape index (κ1) is 18.3. The number of hydrogen-bond acceptors (Lipinski definition) is 4. The highest BCUT2D eigenvalue weighted by molar-refractivity contribution is 5.77. The van der Waals surface area contributed by atoms with Crippen LogP contribution in [0.1, 0.15) is 36.6 Å². The van der Waals surface area contributed by atoms with E-state index in [0.29, 0.717) is 12.6 Å². The van der Waals surface area contributed by atoms with Crippen molar-refractivity contribution in [3.05, 3.63) is 42.0 Å². The largest absolute Gasteiger partial charge is 0.372 e. The van der Waals surface area contributed by atoms with Gasteiger partial charge in [-0.1, -0.05) is 0 Å². The Bertz CT molecular complexity index is 762. The quantitative estimate of drug-likeness (QED) is 0.697. The molecule has 1 fully saturated rings. The molecule has 27 heavy (non-hydrogen) atoms. The number of aryl methyl sites for hydroxylation is 1. The van der Waals surface area contributed by atoms with Crippen LogP contribution in [0.15, 0.2) is 30.7 Å². The number of ether oxygens (including phenoxy) is 1. The smallest absolute Gasteiger partial charge is 0.248 e. The molecule has 0 bridgehead atoms. The van der Waals surface area contributed by atoms with Gasteiger partial charge in [0, 0.05) is 76.1 Å². The molecule has 4 heterocycles. The highest BCUT2D eigenvalue weighted by Crippen LogP contribution is 2.25. The Balaban J connectivity index is 1.29. The summed E-state index contributed by atoms with van der Waals surface area (Å²) in [6, 6.07) is 4.69. The van der Waals surface area contributed by atoms with Crippen LogP contribution < -0.4 is 0 Å². The van der Waals surface area contributed by atoms with E-state index >= 15 is 0 Å². The topological polar surface area (TPSA) is 55.5 Å². The molecule has 2 aromatic rings. The summed E-state index contributed by atoms with van der Waals surface area (Å²) in [6.45, 7) is 5.45. The van der Waals surface area contributed by atoms with E-state index < -0.39 is 0 Å². The van der Waals surface area contributed by atoms with Gasteiger partial charge in [-0.25, -0.2) is 0 Å². The summed E-state index contributed by atoms with van der Waals surface area (Å²) in [5.41, 5.74) is 2.58. The number of nitrogens with zero attached hydrogens (tertiary/aromatic N) is 5. The lowest BCUT2D eigenvalue weighted by Crippen LogP contribution is -2.37. The fourth-order valence-corrected chi connectivity index (χ4v) is 4.20. The Kier molecular flexibility index (Phi) is 5.59. The van der Waals surface area contributed by atoms with Gasteiger partial charge in [-0.2, -0.15) is 5.10 Å². The molecule has 0 N–H and O–H groups in total. The molecular weight excluding hydrogens is 342 g/mol. The average molecular weight is 371 g/mol. The molecule has 4 rings (SSSR count). The van der Waals surface area contributed by atoms with E-state index in [1.165, 1.54) is 11.3 Å². The first-order valence-corrected chi connectivity index (χ1v) is 9.90. The maximum Gasteiger partial charge on any atom is 0.248 e. The zero-order chi connectivity index (χ0) is 18.6. The van der Waals surface area contributed by atoms with Crippen molar-refractivity contribution in [2.24, 2.45) is 7.05 Å². The van der Waals surface area contributed by atoms with Crippen LogP contribution in [0.5, 0.6) is 0 Å². The SMILES string of the molecule is Cn1cc(CN2Cc3cccn3C(CCOCC(=O)N3CCCC3)C2)cn1. The van der Waals surface area contributed by atoms with Crippen molar-refractivity contribution >= 4 is 5.91 Å². The van der Waals surface area contributed by atoms with Crippen LogP contribution in [-0.2, 0) is 29.7 Å². The number of amides is 1. The minimum atomic E-state index is 0.135. The fourth-order valence-electron chi connectivity index (χ4n) is 4.20. The van der Waals surface area contributed by atoms with Crippen LogP contribution in [0.25, 0.3) is 0 Å². The monoisotopic (exact) mass is 371 g/mol. The fraction of sp³-hybridized carbons (Fsp3) is 0.600. The first-order valence-electron chi connectivity index (χ1n) is 9.90. The van der Waals surface area contributed by atoms with Crippen molar-refractivity contribution < 1.29 is 9.53 Å². The third-order valence-corrected chi connectivity index (χ3v) is 5.56. The summed E-state index contributed by atoms with van der Waals surface area (Å²) >= 11 is 0. The first-order chi connectivity index (χ1) is 13.2. The second kappa shape index (κ2) is 8.27. The molecule has 1 amide bonds. The Hall–Kier alpha value is -2.12. The molecule has 0 radical (unpaired) electrons. The molecule has 2 aromatic heterocycles. The number of rotatable bonds is 7. The molecule has 0 spiro atoms. The van der Waals surface area contributed by atoms with Crippen LogP contribution in [0, 0.1) is 0 Å². The Labute approximate surface area is 160 Å². The normalized spacial score (nSPS) is 20.2. The minimum absolute atomic E-state index is 0.135. The van der Waals surface area contributed by atoms with Gasteiger partial charge in [0.1, 0.15) is 6.61 Å². The van der Waals surface area contributed by atoms with E-state index in [2.05, 4.69) is 39.1 Å². The maximum atomic E-state index is 12.1. The van der Waals surface area contributed by atoms with Gasteiger partial charge in [0.05, 0.1) is 6.20 Å². The summed E-state index contributed by atoms with van der Waals surface area (Å²) in [6.07, 6.45) is 9.34. The van der Waals surface area contributed by atoms with Gasteiger partial charge in [0.25, 0.3) is 0 Å². The van der Waals surface area contributed by atoms with Gasteiger partial charge >= 0.3 is 0 Å². The highest BCUT2D eigenvalue weighted by Gasteiger charge is 2.25. The summed E-state index contributed by atoms with van der Waals surface area (Å²) in [4.78, 5) is 16.5. The molecule has 7 heteroatoms. The molecule has 1 saturated heterocycles. The summed E-state index contributed by atoms with van der Waals surface area (Å²) in [5.74, 6) is 0.135. The van der Waals surface area contributed by atoms with Crippen LogP contribution in [-0.4, -0.2) is 62.9 Å². The standard InChI is InChI=1S/C20H29N5O2/c1-22-12-17(11-21-22)13-23-14-18-5-4-9-25(18)19(15-23)6-10-27-16-20(26)24-7-2-3-8-24/h4-5,9,11-12,19H,2-3,6-8,10,13-16H2,1H3. The zero-order valence-electron chi connectivity index (χ0n) is 16.1. The second-order valence-electron chi connectivity index (χ2n) is 7.68. The van der Waals surface area contributed by atoms with E-state index in [9.17, 15) is 4.79 Å². The number of hydrogen-bond donors (Lipinski definition) is 0. The summed E-state index contributed by atoms with van der Waals surface area (Å²) < 4.78 is 9.94. The van der Waals surface area contributed by atoms with Gasteiger partial charge in [0.15, 0.2) is 0 Å². The molecular formula is C20H29N5O2. The summed E-state index contributed by atoms with van der Waals surface area (Å²) in [5, 5.41) is 4.27. The molecule has 1 atom stereocenters. The Morgan fingerprint density at radius 3 is 2.96 bits per heavy atom. The molecule has 2 aliphatic rings. The third kappa shape index (κ3) is 4.42. The van der Waals surface area contributed by atoms with Gasteiger partial charge in [-0.3, -0.25) is 14.4 Å². The van der Waals surface area contributed by atoms with E-state index in [4.69, 9.17) is 4.74 Å². The molecule has 7 nitrogen and oxygen atoms in total. The van der Waals surface area contributed by atoms with Crippen molar-refractivity contribution in [1.82, 2.24) is 24.1 Å². The Morgan fingerprint density at radius 1 is 1.33 bits per heavy atom. The molecule has 2 aliphatic heterocycles. The predicted molar refractivity (Wildman–Crippen MR) is 102 cm³/mol. The van der Waals surface area contributed by atoms with Crippen LogP contribution in [0.2, 0.25) is 0 Å². The van der Waals surface area contributed by atoms with Gasteiger partial charge in [0.2, 0.25) is 5.91 Å². The Morgan fingerprint density at radius 2 is 2.19 bits per heavy atom. The van der Waals surface area contributed by atoms with Crippen molar-refractivity contribution in [1.29, 1.82) is 0 Å². The van der Waals surface area contributed by atoms with Crippen LogP contribution >= 0.6 is 0 Å². The second-order valence-corrected chi connectivity index (χ2v) is 7.68. The molecule has 0 aromatic carbocycles. The summed E-state index contributed by atoms with van der Waals surface area (Å²) in [7, 11) is 1.95. The van der Waals surface area contributed by atoms with Crippen LogP contribution in [0.4, 0.5) is 0 Å². The molecule has 0 aliphatic carbocycles. The van der Waals surface area contributed by atoms with Crippen molar-refractivity contribution in [3.8, 4) is 0 Å². The minimum Gasteiger partial charge on any atom is -0.372 e. The maximum absolute atomic E-state index is 12.1. The van der Waals surface area contributed by atoms with E-state index in [-0.39, 0.29) is 12.5 Å². The van der Waals surface area contributed by atoms with E-state index in [1.54, 1.807) is 0 Å². The van der Waals surface area contributed by atoms with Crippen molar-refractivity contribution in [2.45, 2.75) is 38.4 Å². The lowest BCUT2D eigenvalue weighted by atomic mass is 10.1.